The molecule has 0 aliphatic carbocycles. The number of carbonyl (C=O) groups is 2. The lowest BCUT2D eigenvalue weighted by Crippen LogP contribution is -2.41. The first-order chi connectivity index (χ1) is 14.1. The second-order valence-electron chi connectivity index (χ2n) is 6.21. The molecule has 2 amide bonds. The van der Waals surface area contributed by atoms with Gasteiger partial charge in [-0.25, -0.2) is 4.79 Å². The fourth-order valence-electron chi connectivity index (χ4n) is 2.83. The van der Waals surface area contributed by atoms with Gasteiger partial charge in [0.2, 0.25) is 0 Å². The smallest absolute Gasteiger partial charge is 0.344 e. The van der Waals surface area contributed by atoms with Crippen LogP contribution in [0.2, 0.25) is 0 Å². The molecule has 2 aromatic heterocycles. The molecule has 29 heavy (non-hydrogen) atoms. The molecule has 7 nitrogen and oxygen atoms in total. The van der Waals surface area contributed by atoms with Gasteiger partial charge in [0.05, 0.1) is 5.56 Å². The highest BCUT2D eigenvalue weighted by Gasteiger charge is 2.11. The van der Waals surface area contributed by atoms with E-state index in [4.69, 9.17) is 4.42 Å². The molecule has 0 saturated carbocycles. The van der Waals surface area contributed by atoms with E-state index >= 15 is 0 Å². The molecule has 0 unspecified atom stereocenters. The lowest BCUT2D eigenvalue weighted by molar-refractivity contribution is 0.0846. The topological polar surface area (TPSA) is 101 Å². The Hall–Kier alpha value is -4.26. The van der Waals surface area contributed by atoms with Gasteiger partial charge in [0, 0.05) is 28.9 Å². The van der Waals surface area contributed by atoms with Crippen molar-refractivity contribution in [3.05, 3.63) is 101 Å². The third kappa shape index (κ3) is 3.89. The largest absolute Gasteiger partial charge is 0.422 e. The third-order valence-corrected chi connectivity index (χ3v) is 4.33. The van der Waals surface area contributed by atoms with Crippen molar-refractivity contribution in [3.63, 3.8) is 0 Å². The number of hydrogen-bond acceptors (Lipinski definition) is 5. The van der Waals surface area contributed by atoms with E-state index in [0.717, 1.165) is 5.39 Å². The number of fused-ring (bicyclic) bond motifs is 1. The number of hydrogen-bond donors (Lipinski definition) is 2. The van der Waals surface area contributed by atoms with E-state index < -0.39 is 17.4 Å². The van der Waals surface area contributed by atoms with Crippen molar-refractivity contribution in [3.8, 4) is 11.1 Å². The molecule has 0 fully saturated rings. The number of benzene rings is 2. The van der Waals surface area contributed by atoms with Gasteiger partial charge >= 0.3 is 5.63 Å². The molecule has 0 radical (unpaired) electrons. The zero-order valence-corrected chi connectivity index (χ0v) is 15.1. The quantitative estimate of drug-likeness (QED) is 0.417. The molecule has 2 heterocycles. The van der Waals surface area contributed by atoms with E-state index in [2.05, 4.69) is 15.8 Å². The standard InChI is InChI=1S/C22H15N3O4/c26-20(24-25-21(27)16-9-11-23-12-10-16)15-7-5-14(6-8-15)18-13-17-3-1-2-4-19(17)29-22(18)28/h1-13H,(H,24,26)(H,25,27). The number of amides is 2. The SMILES string of the molecule is O=C(NNC(=O)c1ccc(-c2cc3ccccc3oc2=O)cc1)c1ccncc1. The Kier molecular flexibility index (Phi) is 4.86. The van der Waals surface area contributed by atoms with E-state index in [1.807, 2.05) is 12.1 Å². The summed E-state index contributed by atoms with van der Waals surface area (Å²) in [6.07, 6.45) is 2.97. The number of nitrogens with zero attached hydrogens (tertiary/aromatic N) is 1. The van der Waals surface area contributed by atoms with E-state index in [1.54, 1.807) is 42.5 Å². The summed E-state index contributed by atoms with van der Waals surface area (Å²) >= 11 is 0. The highest BCUT2D eigenvalue weighted by Crippen LogP contribution is 2.21. The Balaban J connectivity index is 1.49. The Morgan fingerprint density at radius 1 is 0.793 bits per heavy atom. The Bertz CT molecular complexity index is 1250. The molecule has 0 atom stereocenters. The Labute approximate surface area is 165 Å². The van der Waals surface area contributed by atoms with Gasteiger partial charge in [-0.1, -0.05) is 30.3 Å². The lowest BCUT2D eigenvalue weighted by atomic mass is 10.0. The summed E-state index contributed by atoms with van der Waals surface area (Å²) in [7, 11) is 0. The van der Waals surface area contributed by atoms with Crippen LogP contribution in [-0.4, -0.2) is 16.8 Å². The highest BCUT2D eigenvalue weighted by molar-refractivity contribution is 5.99. The fourth-order valence-corrected chi connectivity index (χ4v) is 2.83. The van der Waals surface area contributed by atoms with Crippen molar-refractivity contribution < 1.29 is 14.0 Å². The van der Waals surface area contributed by atoms with Gasteiger partial charge < -0.3 is 4.42 Å². The van der Waals surface area contributed by atoms with Crippen molar-refractivity contribution >= 4 is 22.8 Å². The van der Waals surface area contributed by atoms with E-state index in [0.29, 0.717) is 27.8 Å². The number of nitrogens with one attached hydrogen (secondary N) is 2. The van der Waals surface area contributed by atoms with Gasteiger partial charge in [-0.2, -0.15) is 0 Å². The van der Waals surface area contributed by atoms with Crippen molar-refractivity contribution in [2.45, 2.75) is 0 Å². The van der Waals surface area contributed by atoms with Crippen LogP contribution in [0.15, 0.2) is 88.3 Å². The molecule has 7 heteroatoms. The molecular formula is C22H15N3O4. The number of rotatable bonds is 3. The van der Waals surface area contributed by atoms with Crippen LogP contribution in [0.4, 0.5) is 0 Å². The minimum absolute atomic E-state index is 0.328. The monoisotopic (exact) mass is 385 g/mol. The highest BCUT2D eigenvalue weighted by atomic mass is 16.4. The van der Waals surface area contributed by atoms with Crippen LogP contribution >= 0.6 is 0 Å². The normalized spacial score (nSPS) is 10.5. The second-order valence-corrected chi connectivity index (χ2v) is 6.21. The maximum atomic E-state index is 12.3. The van der Waals surface area contributed by atoms with Gasteiger partial charge in [-0.05, 0) is 42.0 Å². The molecule has 4 aromatic rings. The number of aromatic nitrogens is 1. The molecule has 0 aliphatic rings. The molecule has 0 aliphatic heterocycles. The molecule has 0 saturated heterocycles. The molecule has 0 spiro atoms. The second kappa shape index (κ2) is 7.77. The number of hydrazine groups is 1. The summed E-state index contributed by atoms with van der Waals surface area (Å²) in [6, 6.07) is 18.5. The average Bonchev–Trinajstić information content (AvgIpc) is 2.77. The third-order valence-electron chi connectivity index (χ3n) is 4.33. The van der Waals surface area contributed by atoms with Gasteiger partial charge in [-0.3, -0.25) is 25.4 Å². The van der Waals surface area contributed by atoms with Crippen LogP contribution < -0.4 is 16.5 Å². The zero-order valence-electron chi connectivity index (χ0n) is 15.1. The molecule has 142 valence electrons. The van der Waals surface area contributed by atoms with E-state index in [-0.39, 0.29) is 0 Å². The summed E-state index contributed by atoms with van der Waals surface area (Å²) in [4.78, 5) is 40.3. The first-order valence-corrected chi connectivity index (χ1v) is 8.76. The average molecular weight is 385 g/mol. The summed E-state index contributed by atoms with van der Waals surface area (Å²) in [6.45, 7) is 0. The van der Waals surface area contributed by atoms with Crippen LogP contribution in [-0.2, 0) is 0 Å². The van der Waals surface area contributed by atoms with Crippen molar-refractivity contribution in [1.29, 1.82) is 0 Å². The van der Waals surface area contributed by atoms with Gasteiger partial charge in [0.25, 0.3) is 11.8 Å². The van der Waals surface area contributed by atoms with Crippen molar-refractivity contribution in [1.82, 2.24) is 15.8 Å². The number of para-hydroxylation sites is 1. The van der Waals surface area contributed by atoms with E-state index in [9.17, 15) is 14.4 Å². The van der Waals surface area contributed by atoms with Crippen LogP contribution in [0.5, 0.6) is 0 Å². The summed E-state index contributed by atoms with van der Waals surface area (Å²) < 4.78 is 5.35. The molecular weight excluding hydrogens is 370 g/mol. The molecule has 2 aromatic carbocycles. The van der Waals surface area contributed by atoms with Gasteiger partial charge in [0.15, 0.2) is 0 Å². The summed E-state index contributed by atoms with van der Waals surface area (Å²) in [5.74, 6) is -0.935. The summed E-state index contributed by atoms with van der Waals surface area (Å²) in [5, 5.41) is 0.808. The van der Waals surface area contributed by atoms with Crippen LogP contribution in [0.3, 0.4) is 0 Å². The summed E-state index contributed by atoms with van der Waals surface area (Å²) in [5.41, 5.74) is 6.49. The minimum Gasteiger partial charge on any atom is -0.422 e. The maximum Gasteiger partial charge on any atom is 0.344 e. The first-order valence-electron chi connectivity index (χ1n) is 8.76. The predicted octanol–water partition coefficient (Wildman–Crippen LogP) is 2.93. The minimum atomic E-state index is -0.482. The fraction of sp³-hybridized carbons (Fsp3) is 0. The molecule has 0 bridgehead atoms. The Morgan fingerprint density at radius 3 is 2.10 bits per heavy atom. The van der Waals surface area contributed by atoms with E-state index in [1.165, 1.54) is 24.5 Å². The Morgan fingerprint density at radius 2 is 1.41 bits per heavy atom. The predicted molar refractivity (Wildman–Crippen MR) is 107 cm³/mol. The van der Waals surface area contributed by atoms with Crippen LogP contribution in [0.25, 0.3) is 22.1 Å². The zero-order chi connectivity index (χ0) is 20.2. The molecule has 4 rings (SSSR count). The van der Waals surface area contributed by atoms with Crippen molar-refractivity contribution in [2.75, 3.05) is 0 Å². The number of pyridine rings is 1. The van der Waals surface area contributed by atoms with Crippen LogP contribution in [0, 0.1) is 0 Å². The number of carbonyl (C=O) groups excluding carboxylic acids is 2. The van der Waals surface area contributed by atoms with Crippen LogP contribution in [0.1, 0.15) is 20.7 Å². The molecule has 2 N–H and O–H groups in total. The maximum absolute atomic E-state index is 12.3. The van der Waals surface area contributed by atoms with Crippen molar-refractivity contribution in [2.24, 2.45) is 0 Å². The van der Waals surface area contributed by atoms with Gasteiger partial charge in [-0.15, -0.1) is 0 Å². The van der Waals surface area contributed by atoms with Gasteiger partial charge in [0.1, 0.15) is 5.58 Å². The first kappa shape index (κ1) is 18.1. The lowest BCUT2D eigenvalue weighted by Gasteiger charge is -2.08.